The summed E-state index contributed by atoms with van der Waals surface area (Å²) < 4.78 is 10.2. The van der Waals surface area contributed by atoms with E-state index in [9.17, 15) is 9.90 Å². The van der Waals surface area contributed by atoms with E-state index < -0.39 is 5.60 Å². The van der Waals surface area contributed by atoms with Crippen LogP contribution in [-0.4, -0.2) is 43.3 Å². The van der Waals surface area contributed by atoms with Gasteiger partial charge in [-0.15, -0.1) is 0 Å². The van der Waals surface area contributed by atoms with Crippen molar-refractivity contribution >= 4 is 11.9 Å². The average Bonchev–Trinajstić information content (AvgIpc) is 3.14. The Morgan fingerprint density at radius 3 is 2.69 bits per heavy atom. The molecule has 0 aliphatic carbocycles. The van der Waals surface area contributed by atoms with Crippen LogP contribution in [0.3, 0.4) is 0 Å². The van der Waals surface area contributed by atoms with E-state index in [1.165, 1.54) is 0 Å². The number of carbonyl (C=O) groups excluding carboxylic acids is 1. The summed E-state index contributed by atoms with van der Waals surface area (Å²) in [6.07, 6.45) is 5.92. The summed E-state index contributed by atoms with van der Waals surface area (Å²) in [4.78, 5) is 15.7. The highest BCUT2D eigenvalue weighted by molar-refractivity contribution is 5.79. The zero-order valence-corrected chi connectivity index (χ0v) is 16.2. The fourth-order valence-electron chi connectivity index (χ4n) is 2.43. The molecule has 0 saturated heterocycles. The normalized spacial score (nSPS) is 13.9. The topological polar surface area (TPSA) is 96.1 Å². The zero-order valence-electron chi connectivity index (χ0n) is 16.2. The molecule has 0 amide bonds. The lowest BCUT2D eigenvalue weighted by Crippen LogP contribution is -2.39. The first-order chi connectivity index (χ1) is 12.5. The predicted molar refractivity (Wildman–Crippen MR) is 102 cm³/mol. The largest absolute Gasteiger partial charge is 0.466 e. The predicted octanol–water partition coefficient (Wildman–Crippen LogP) is 2.56. The van der Waals surface area contributed by atoms with E-state index in [1.54, 1.807) is 25.3 Å². The van der Waals surface area contributed by atoms with Gasteiger partial charge < -0.3 is 24.9 Å². The third kappa shape index (κ3) is 8.89. The second-order valence-electron chi connectivity index (χ2n) is 6.34. The standard InChI is InChI=1S/C19H33N3O4/c1-4-20-18(22-15-19(3,24)16-11-10-14-26-16)21-13-9-7-6-8-12-17(23)25-5-2/h10-11,14,24H,4-9,12-13,15H2,1-3H3,(H2,20,21,22). The summed E-state index contributed by atoms with van der Waals surface area (Å²) in [6.45, 7) is 7.68. The van der Waals surface area contributed by atoms with Crippen LogP contribution in [-0.2, 0) is 15.1 Å². The molecule has 1 aromatic rings. The summed E-state index contributed by atoms with van der Waals surface area (Å²) >= 11 is 0. The Balaban J connectivity index is 2.27. The summed E-state index contributed by atoms with van der Waals surface area (Å²) in [5, 5.41) is 16.9. The third-order valence-corrected chi connectivity index (χ3v) is 3.85. The van der Waals surface area contributed by atoms with Gasteiger partial charge in [-0.2, -0.15) is 0 Å². The number of hydrogen-bond acceptors (Lipinski definition) is 5. The van der Waals surface area contributed by atoms with Crippen LogP contribution in [0.15, 0.2) is 27.8 Å². The summed E-state index contributed by atoms with van der Waals surface area (Å²) in [7, 11) is 0. The molecule has 148 valence electrons. The van der Waals surface area contributed by atoms with Gasteiger partial charge in [-0.3, -0.25) is 4.79 Å². The molecule has 26 heavy (non-hydrogen) atoms. The van der Waals surface area contributed by atoms with Crippen LogP contribution in [0.4, 0.5) is 0 Å². The molecular formula is C19H33N3O4. The molecule has 0 bridgehead atoms. The number of ether oxygens (including phenoxy) is 1. The number of nitrogens with zero attached hydrogens (tertiary/aromatic N) is 1. The van der Waals surface area contributed by atoms with Crippen LogP contribution in [0, 0.1) is 0 Å². The van der Waals surface area contributed by atoms with Gasteiger partial charge in [0, 0.05) is 19.5 Å². The first kappa shape index (κ1) is 22.0. The first-order valence-corrected chi connectivity index (χ1v) is 9.43. The van der Waals surface area contributed by atoms with Gasteiger partial charge in [0.05, 0.1) is 19.4 Å². The van der Waals surface area contributed by atoms with Crippen molar-refractivity contribution < 1.29 is 19.1 Å². The van der Waals surface area contributed by atoms with E-state index in [0.29, 0.717) is 24.7 Å². The lowest BCUT2D eigenvalue weighted by molar-refractivity contribution is -0.143. The summed E-state index contributed by atoms with van der Waals surface area (Å²) in [6, 6.07) is 3.49. The molecule has 1 heterocycles. The third-order valence-electron chi connectivity index (χ3n) is 3.85. The number of aliphatic imine (C=N–C) groups is 1. The van der Waals surface area contributed by atoms with E-state index in [4.69, 9.17) is 9.15 Å². The maximum atomic E-state index is 11.2. The van der Waals surface area contributed by atoms with E-state index in [1.807, 2.05) is 13.8 Å². The smallest absolute Gasteiger partial charge is 0.305 e. The number of unbranched alkanes of at least 4 members (excludes halogenated alkanes) is 3. The molecule has 0 aliphatic rings. The first-order valence-electron chi connectivity index (χ1n) is 9.43. The molecule has 1 rings (SSSR count). The fraction of sp³-hybridized carbons (Fsp3) is 0.684. The van der Waals surface area contributed by atoms with Crippen molar-refractivity contribution in [2.75, 3.05) is 26.2 Å². The van der Waals surface area contributed by atoms with Crippen LogP contribution in [0.2, 0.25) is 0 Å². The molecule has 0 aliphatic heterocycles. The van der Waals surface area contributed by atoms with Crippen molar-refractivity contribution in [3.63, 3.8) is 0 Å². The Morgan fingerprint density at radius 1 is 1.27 bits per heavy atom. The van der Waals surface area contributed by atoms with E-state index in [0.717, 1.165) is 38.8 Å². The lowest BCUT2D eigenvalue weighted by atomic mass is 10.0. The molecule has 1 atom stereocenters. The van der Waals surface area contributed by atoms with E-state index >= 15 is 0 Å². The minimum Gasteiger partial charge on any atom is -0.466 e. The van der Waals surface area contributed by atoms with Gasteiger partial charge in [0.25, 0.3) is 0 Å². The maximum Gasteiger partial charge on any atom is 0.305 e. The van der Waals surface area contributed by atoms with Crippen molar-refractivity contribution in [1.29, 1.82) is 0 Å². The number of esters is 1. The number of guanidine groups is 1. The number of hydrogen-bond donors (Lipinski definition) is 3. The second kappa shape index (κ2) is 12.4. The molecule has 0 fully saturated rings. The van der Waals surface area contributed by atoms with Gasteiger partial charge in [0.1, 0.15) is 11.4 Å². The second-order valence-corrected chi connectivity index (χ2v) is 6.34. The van der Waals surface area contributed by atoms with Gasteiger partial charge in [-0.1, -0.05) is 12.8 Å². The molecule has 1 aromatic heterocycles. The van der Waals surface area contributed by atoms with Gasteiger partial charge in [0.15, 0.2) is 5.96 Å². The fourth-order valence-corrected chi connectivity index (χ4v) is 2.43. The van der Waals surface area contributed by atoms with Crippen molar-refractivity contribution in [2.45, 2.75) is 58.5 Å². The van der Waals surface area contributed by atoms with Crippen molar-refractivity contribution in [3.05, 3.63) is 24.2 Å². The molecule has 0 aromatic carbocycles. The SMILES string of the molecule is CCNC(=NCC(C)(O)c1ccco1)NCCCCCCC(=O)OCC. The number of nitrogens with one attached hydrogen (secondary N) is 2. The summed E-state index contributed by atoms with van der Waals surface area (Å²) in [5.41, 5.74) is -1.14. The average molecular weight is 367 g/mol. The molecule has 0 saturated carbocycles. The number of aliphatic hydroxyl groups is 1. The Bertz CT molecular complexity index is 527. The van der Waals surface area contributed by atoms with Crippen molar-refractivity contribution in [1.82, 2.24) is 10.6 Å². The lowest BCUT2D eigenvalue weighted by Gasteiger charge is -2.19. The van der Waals surface area contributed by atoms with Crippen LogP contribution < -0.4 is 10.6 Å². The Hall–Kier alpha value is -2.02. The van der Waals surface area contributed by atoms with Crippen LogP contribution in [0.1, 0.15) is 58.6 Å². The summed E-state index contributed by atoms with van der Waals surface area (Å²) in [5.74, 6) is 1.06. The van der Waals surface area contributed by atoms with Gasteiger partial charge >= 0.3 is 5.97 Å². The van der Waals surface area contributed by atoms with Gasteiger partial charge in [0.2, 0.25) is 0 Å². The number of furan rings is 1. The quantitative estimate of drug-likeness (QED) is 0.227. The van der Waals surface area contributed by atoms with Gasteiger partial charge in [-0.05, 0) is 45.7 Å². The maximum absolute atomic E-state index is 11.2. The molecule has 0 radical (unpaired) electrons. The highest BCUT2D eigenvalue weighted by Crippen LogP contribution is 2.20. The molecule has 7 heteroatoms. The minimum absolute atomic E-state index is 0.115. The molecule has 1 unspecified atom stereocenters. The highest BCUT2D eigenvalue weighted by Gasteiger charge is 2.25. The van der Waals surface area contributed by atoms with Crippen molar-refractivity contribution in [2.24, 2.45) is 4.99 Å². The molecule has 7 nitrogen and oxygen atoms in total. The highest BCUT2D eigenvalue weighted by atomic mass is 16.5. The molecular weight excluding hydrogens is 334 g/mol. The van der Waals surface area contributed by atoms with Crippen LogP contribution >= 0.6 is 0 Å². The monoisotopic (exact) mass is 367 g/mol. The molecule has 3 N–H and O–H groups in total. The van der Waals surface area contributed by atoms with Gasteiger partial charge in [-0.25, -0.2) is 4.99 Å². The number of rotatable bonds is 12. The van der Waals surface area contributed by atoms with Crippen LogP contribution in [0.25, 0.3) is 0 Å². The minimum atomic E-state index is -1.14. The van der Waals surface area contributed by atoms with E-state index in [2.05, 4.69) is 15.6 Å². The van der Waals surface area contributed by atoms with Crippen LogP contribution in [0.5, 0.6) is 0 Å². The Labute approximate surface area is 156 Å². The Kier molecular flexibility index (Phi) is 10.5. The number of carbonyl (C=O) groups is 1. The van der Waals surface area contributed by atoms with Crippen molar-refractivity contribution in [3.8, 4) is 0 Å². The zero-order chi connectivity index (χ0) is 19.3. The Morgan fingerprint density at radius 2 is 2.04 bits per heavy atom. The molecule has 0 spiro atoms. The van der Waals surface area contributed by atoms with E-state index in [-0.39, 0.29) is 12.5 Å².